The summed E-state index contributed by atoms with van der Waals surface area (Å²) in [5, 5.41) is 0. The van der Waals surface area contributed by atoms with Crippen molar-refractivity contribution < 1.29 is 19.0 Å². The lowest BCUT2D eigenvalue weighted by Crippen LogP contribution is -2.08. The van der Waals surface area contributed by atoms with Crippen molar-refractivity contribution in [2.45, 2.75) is 6.92 Å². The summed E-state index contributed by atoms with van der Waals surface area (Å²) in [6.07, 6.45) is 0. The van der Waals surface area contributed by atoms with E-state index in [9.17, 15) is 4.79 Å². The lowest BCUT2D eigenvalue weighted by molar-refractivity contribution is 0.0460. The van der Waals surface area contributed by atoms with Gasteiger partial charge in [0.1, 0.15) is 5.56 Å². The molecule has 88 valence electrons. The number of rotatable bonds is 4. The number of benzene rings is 1. The van der Waals surface area contributed by atoms with Crippen molar-refractivity contribution in [1.82, 2.24) is 0 Å². The second kappa shape index (κ2) is 5.86. The minimum Gasteiger partial charge on any atom is -0.465 e. The SMILES string of the molecule is COCOc1c(Br)cc(C)cc1C(=O)OC. The number of esters is 1. The van der Waals surface area contributed by atoms with E-state index in [2.05, 4.69) is 20.7 Å². The molecule has 4 nitrogen and oxygen atoms in total. The zero-order chi connectivity index (χ0) is 12.1. The first-order chi connectivity index (χ1) is 7.60. The molecule has 0 aliphatic heterocycles. The molecule has 16 heavy (non-hydrogen) atoms. The average molecular weight is 289 g/mol. The van der Waals surface area contributed by atoms with Gasteiger partial charge in [-0.05, 0) is 40.5 Å². The van der Waals surface area contributed by atoms with Gasteiger partial charge >= 0.3 is 5.97 Å². The summed E-state index contributed by atoms with van der Waals surface area (Å²) in [7, 11) is 2.85. The first-order valence-electron chi connectivity index (χ1n) is 4.60. The Bertz CT molecular complexity index is 390. The number of carbonyl (C=O) groups excluding carboxylic acids is 1. The highest BCUT2D eigenvalue weighted by molar-refractivity contribution is 9.10. The van der Waals surface area contributed by atoms with Gasteiger partial charge < -0.3 is 14.2 Å². The molecule has 1 rings (SSSR count). The highest BCUT2D eigenvalue weighted by atomic mass is 79.9. The Morgan fingerprint density at radius 1 is 1.38 bits per heavy atom. The molecule has 0 heterocycles. The topological polar surface area (TPSA) is 44.8 Å². The average Bonchev–Trinajstić information content (AvgIpc) is 2.26. The van der Waals surface area contributed by atoms with Crippen LogP contribution in [0, 0.1) is 6.92 Å². The molecule has 0 aliphatic carbocycles. The van der Waals surface area contributed by atoms with Gasteiger partial charge in [0.05, 0.1) is 11.6 Å². The number of halogens is 1. The van der Waals surface area contributed by atoms with Crippen LogP contribution in [0.15, 0.2) is 16.6 Å². The summed E-state index contributed by atoms with van der Waals surface area (Å²) < 4.78 is 15.5. The van der Waals surface area contributed by atoms with Gasteiger partial charge in [-0.2, -0.15) is 0 Å². The van der Waals surface area contributed by atoms with Gasteiger partial charge in [0.2, 0.25) is 0 Å². The predicted octanol–water partition coefficient (Wildman–Crippen LogP) is 2.53. The third-order valence-electron chi connectivity index (χ3n) is 1.91. The third kappa shape index (κ3) is 2.96. The van der Waals surface area contributed by atoms with E-state index < -0.39 is 5.97 Å². The first kappa shape index (κ1) is 13.0. The monoisotopic (exact) mass is 288 g/mol. The Kier molecular flexibility index (Phi) is 4.76. The van der Waals surface area contributed by atoms with Gasteiger partial charge in [-0.1, -0.05) is 0 Å². The van der Waals surface area contributed by atoms with Crippen LogP contribution >= 0.6 is 15.9 Å². The van der Waals surface area contributed by atoms with E-state index in [1.165, 1.54) is 14.2 Å². The van der Waals surface area contributed by atoms with E-state index in [1.807, 2.05) is 13.0 Å². The highest BCUT2D eigenvalue weighted by Crippen LogP contribution is 2.31. The van der Waals surface area contributed by atoms with Crippen molar-refractivity contribution in [3.8, 4) is 5.75 Å². The molecule has 0 spiro atoms. The number of ether oxygens (including phenoxy) is 3. The minimum absolute atomic E-state index is 0.0751. The fourth-order valence-electron chi connectivity index (χ4n) is 1.26. The van der Waals surface area contributed by atoms with Gasteiger partial charge in [0, 0.05) is 7.11 Å². The third-order valence-corrected chi connectivity index (χ3v) is 2.50. The van der Waals surface area contributed by atoms with Crippen LogP contribution in [0.2, 0.25) is 0 Å². The van der Waals surface area contributed by atoms with Crippen LogP contribution in [0.25, 0.3) is 0 Å². The zero-order valence-corrected chi connectivity index (χ0v) is 11.0. The molecule has 0 fully saturated rings. The Morgan fingerprint density at radius 3 is 2.62 bits per heavy atom. The summed E-state index contributed by atoms with van der Waals surface area (Å²) in [5.74, 6) is -0.00481. The number of hydrogen-bond acceptors (Lipinski definition) is 4. The van der Waals surface area contributed by atoms with Gasteiger partial charge in [-0.3, -0.25) is 0 Å². The van der Waals surface area contributed by atoms with Crippen LogP contribution in [-0.4, -0.2) is 27.0 Å². The Morgan fingerprint density at radius 2 is 2.06 bits per heavy atom. The quantitative estimate of drug-likeness (QED) is 0.631. The Labute approximate surface area is 103 Å². The summed E-state index contributed by atoms with van der Waals surface area (Å²) in [6, 6.07) is 3.57. The van der Waals surface area contributed by atoms with Crippen LogP contribution < -0.4 is 4.74 Å². The molecular weight excluding hydrogens is 276 g/mol. The van der Waals surface area contributed by atoms with Crippen molar-refractivity contribution >= 4 is 21.9 Å². The van der Waals surface area contributed by atoms with E-state index >= 15 is 0 Å². The lowest BCUT2D eigenvalue weighted by Gasteiger charge is -2.12. The normalized spacial score (nSPS) is 10.0. The fraction of sp³-hybridized carbons (Fsp3) is 0.364. The summed E-state index contributed by atoms with van der Waals surface area (Å²) in [4.78, 5) is 11.5. The maximum atomic E-state index is 11.5. The van der Waals surface area contributed by atoms with Crippen LogP contribution in [0.3, 0.4) is 0 Å². The van der Waals surface area contributed by atoms with Gasteiger partial charge in [0.15, 0.2) is 12.5 Å². The molecule has 0 radical (unpaired) electrons. The summed E-state index contributed by atoms with van der Waals surface area (Å²) >= 11 is 3.34. The first-order valence-corrected chi connectivity index (χ1v) is 5.39. The molecule has 5 heteroatoms. The van der Waals surface area contributed by atoms with Crippen LogP contribution in [0.1, 0.15) is 15.9 Å². The van der Waals surface area contributed by atoms with Crippen LogP contribution in [0.4, 0.5) is 0 Å². The van der Waals surface area contributed by atoms with Crippen molar-refractivity contribution in [1.29, 1.82) is 0 Å². The van der Waals surface area contributed by atoms with E-state index in [-0.39, 0.29) is 6.79 Å². The Hall–Kier alpha value is -1.07. The number of aryl methyl sites for hydroxylation is 1. The standard InChI is InChI=1S/C11H13BrO4/c1-7-4-8(11(13)15-3)10(9(12)5-7)16-6-14-2/h4-5H,6H2,1-3H3. The molecule has 0 saturated heterocycles. The van der Waals surface area contributed by atoms with Gasteiger partial charge in [-0.15, -0.1) is 0 Å². The maximum Gasteiger partial charge on any atom is 0.341 e. The summed E-state index contributed by atoms with van der Waals surface area (Å²) in [6.45, 7) is 1.96. The van der Waals surface area contributed by atoms with Crippen LogP contribution in [0.5, 0.6) is 5.75 Å². The molecule has 0 amide bonds. The molecule has 0 N–H and O–H groups in total. The number of methoxy groups -OCH3 is 2. The lowest BCUT2D eigenvalue weighted by atomic mass is 10.1. The molecule has 0 bridgehead atoms. The molecule has 0 atom stereocenters. The zero-order valence-electron chi connectivity index (χ0n) is 9.37. The molecule has 0 aromatic heterocycles. The smallest absolute Gasteiger partial charge is 0.341 e. The van der Waals surface area contributed by atoms with E-state index in [1.54, 1.807) is 6.07 Å². The van der Waals surface area contributed by atoms with E-state index in [0.29, 0.717) is 15.8 Å². The van der Waals surface area contributed by atoms with Crippen molar-refractivity contribution in [3.05, 3.63) is 27.7 Å². The second-order valence-corrected chi connectivity index (χ2v) is 4.02. The van der Waals surface area contributed by atoms with E-state index in [4.69, 9.17) is 9.47 Å². The number of carbonyl (C=O) groups is 1. The molecule has 1 aromatic carbocycles. The van der Waals surface area contributed by atoms with Crippen molar-refractivity contribution in [2.24, 2.45) is 0 Å². The maximum absolute atomic E-state index is 11.5. The van der Waals surface area contributed by atoms with E-state index in [0.717, 1.165) is 5.56 Å². The molecule has 1 aromatic rings. The van der Waals surface area contributed by atoms with Crippen LogP contribution in [-0.2, 0) is 9.47 Å². The minimum atomic E-state index is -0.435. The van der Waals surface area contributed by atoms with Gasteiger partial charge in [0.25, 0.3) is 0 Å². The molecule has 0 aliphatic rings. The molecule has 0 unspecified atom stereocenters. The Balaban J connectivity index is 3.15. The predicted molar refractivity (Wildman–Crippen MR) is 62.7 cm³/mol. The van der Waals surface area contributed by atoms with Gasteiger partial charge in [-0.25, -0.2) is 4.79 Å². The number of hydrogen-bond donors (Lipinski definition) is 0. The van der Waals surface area contributed by atoms with Crippen molar-refractivity contribution in [3.63, 3.8) is 0 Å². The largest absolute Gasteiger partial charge is 0.465 e. The summed E-state index contributed by atoms with van der Waals surface area (Å²) in [5.41, 5.74) is 1.32. The second-order valence-electron chi connectivity index (χ2n) is 3.17. The molecular formula is C11H13BrO4. The fourth-order valence-corrected chi connectivity index (χ4v) is 1.94. The molecule has 0 saturated carbocycles. The van der Waals surface area contributed by atoms with Crippen molar-refractivity contribution in [2.75, 3.05) is 21.0 Å². The highest BCUT2D eigenvalue weighted by Gasteiger charge is 2.16.